The van der Waals surface area contributed by atoms with Gasteiger partial charge in [-0.15, -0.1) is 0 Å². The van der Waals surface area contributed by atoms with Gasteiger partial charge in [0.25, 0.3) is 0 Å². The van der Waals surface area contributed by atoms with Crippen LogP contribution in [0.1, 0.15) is 5.69 Å². The highest BCUT2D eigenvalue weighted by Gasteiger charge is 2.07. The van der Waals surface area contributed by atoms with E-state index in [0.717, 1.165) is 34.3 Å². The Kier molecular flexibility index (Phi) is 5.75. The average Bonchev–Trinajstić information content (AvgIpc) is 2.76. The molecule has 0 unspecified atom stereocenters. The molecule has 3 aromatic carbocycles. The van der Waals surface area contributed by atoms with E-state index in [9.17, 15) is 0 Å². The van der Waals surface area contributed by atoms with Crippen molar-refractivity contribution in [2.24, 2.45) is 0 Å². The fraction of sp³-hybridized carbons (Fsp3) is 0.0833. The standard InChI is InChI=1S/C24H22N4O2/c1-17-16-23(27-21-10-6-7-11-22(21)29-2)28-24(25-17)26-18-12-14-20(15-13-18)30-19-8-4-3-5-9-19/h3-16H,1-2H3,(H2,25,26,27,28). The summed E-state index contributed by atoms with van der Waals surface area (Å²) in [4.78, 5) is 9.05. The molecule has 0 amide bonds. The van der Waals surface area contributed by atoms with Crippen molar-refractivity contribution in [3.05, 3.63) is 90.6 Å². The van der Waals surface area contributed by atoms with Crippen LogP contribution in [0.15, 0.2) is 84.9 Å². The second-order valence-electron chi connectivity index (χ2n) is 6.61. The van der Waals surface area contributed by atoms with E-state index in [4.69, 9.17) is 9.47 Å². The lowest BCUT2D eigenvalue weighted by molar-refractivity contribution is 0.417. The molecule has 0 saturated carbocycles. The third-order valence-electron chi connectivity index (χ3n) is 4.31. The first-order valence-electron chi connectivity index (χ1n) is 9.55. The predicted molar refractivity (Wildman–Crippen MR) is 119 cm³/mol. The van der Waals surface area contributed by atoms with Crippen molar-refractivity contribution in [1.82, 2.24) is 9.97 Å². The van der Waals surface area contributed by atoms with E-state index >= 15 is 0 Å². The lowest BCUT2D eigenvalue weighted by Crippen LogP contribution is -2.03. The number of rotatable bonds is 7. The van der Waals surface area contributed by atoms with Crippen LogP contribution in [-0.2, 0) is 0 Å². The number of anilines is 4. The number of ether oxygens (including phenoxy) is 2. The second-order valence-corrected chi connectivity index (χ2v) is 6.61. The fourth-order valence-electron chi connectivity index (χ4n) is 2.93. The topological polar surface area (TPSA) is 68.3 Å². The maximum atomic E-state index is 5.83. The van der Waals surface area contributed by atoms with E-state index in [2.05, 4.69) is 20.6 Å². The Hall–Kier alpha value is -4.06. The lowest BCUT2D eigenvalue weighted by atomic mass is 10.3. The van der Waals surface area contributed by atoms with Gasteiger partial charge in [-0.1, -0.05) is 30.3 Å². The minimum atomic E-state index is 0.504. The second kappa shape index (κ2) is 8.96. The first-order chi connectivity index (χ1) is 14.7. The van der Waals surface area contributed by atoms with E-state index < -0.39 is 0 Å². The van der Waals surface area contributed by atoms with Crippen LogP contribution in [0.2, 0.25) is 0 Å². The van der Waals surface area contributed by atoms with E-state index in [1.54, 1.807) is 7.11 Å². The normalized spacial score (nSPS) is 10.3. The maximum absolute atomic E-state index is 5.83. The van der Waals surface area contributed by atoms with Gasteiger partial charge in [-0.05, 0) is 55.5 Å². The SMILES string of the molecule is COc1ccccc1Nc1cc(C)nc(Nc2ccc(Oc3ccccc3)cc2)n1. The molecule has 0 saturated heterocycles. The number of nitrogens with zero attached hydrogens (tertiary/aromatic N) is 2. The average molecular weight is 398 g/mol. The molecule has 4 aromatic rings. The molecule has 0 fully saturated rings. The van der Waals surface area contributed by atoms with Crippen LogP contribution in [-0.4, -0.2) is 17.1 Å². The number of methoxy groups -OCH3 is 1. The number of aromatic nitrogens is 2. The van der Waals surface area contributed by atoms with Crippen molar-refractivity contribution >= 4 is 23.1 Å². The molecule has 0 aliphatic heterocycles. The van der Waals surface area contributed by atoms with Crippen LogP contribution in [0.4, 0.5) is 23.1 Å². The van der Waals surface area contributed by atoms with Gasteiger partial charge in [-0.3, -0.25) is 0 Å². The molecule has 2 N–H and O–H groups in total. The highest BCUT2D eigenvalue weighted by atomic mass is 16.5. The molecule has 0 aliphatic rings. The number of aryl methyl sites for hydroxylation is 1. The number of nitrogens with one attached hydrogen (secondary N) is 2. The van der Waals surface area contributed by atoms with Gasteiger partial charge in [0.05, 0.1) is 12.8 Å². The molecule has 0 radical (unpaired) electrons. The van der Waals surface area contributed by atoms with Crippen molar-refractivity contribution in [3.8, 4) is 17.2 Å². The zero-order valence-corrected chi connectivity index (χ0v) is 16.8. The van der Waals surface area contributed by atoms with Gasteiger partial charge in [0, 0.05) is 17.4 Å². The third kappa shape index (κ3) is 4.86. The van der Waals surface area contributed by atoms with E-state index in [1.807, 2.05) is 91.9 Å². The Morgan fingerprint density at radius 2 is 1.43 bits per heavy atom. The molecule has 150 valence electrons. The van der Waals surface area contributed by atoms with Crippen molar-refractivity contribution in [2.75, 3.05) is 17.7 Å². The molecule has 4 rings (SSSR count). The van der Waals surface area contributed by atoms with Crippen LogP contribution < -0.4 is 20.1 Å². The summed E-state index contributed by atoms with van der Waals surface area (Å²) in [5, 5.41) is 6.53. The van der Waals surface area contributed by atoms with Gasteiger partial charge in [-0.25, -0.2) is 4.98 Å². The van der Waals surface area contributed by atoms with Crippen LogP contribution >= 0.6 is 0 Å². The molecule has 0 aliphatic carbocycles. The van der Waals surface area contributed by atoms with Gasteiger partial charge in [-0.2, -0.15) is 4.98 Å². The molecule has 1 aromatic heterocycles. The Balaban J connectivity index is 1.48. The first-order valence-corrected chi connectivity index (χ1v) is 9.55. The molecule has 0 atom stereocenters. The van der Waals surface area contributed by atoms with Gasteiger partial charge in [0.1, 0.15) is 23.1 Å². The summed E-state index contributed by atoms with van der Waals surface area (Å²) in [6, 6.07) is 26.9. The van der Waals surface area contributed by atoms with Crippen molar-refractivity contribution in [1.29, 1.82) is 0 Å². The number of benzene rings is 3. The Morgan fingerprint density at radius 1 is 0.733 bits per heavy atom. The summed E-state index contributed by atoms with van der Waals surface area (Å²) in [5.41, 5.74) is 2.55. The molecule has 6 nitrogen and oxygen atoms in total. The quantitative estimate of drug-likeness (QED) is 0.394. The molecular formula is C24H22N4O2. The van der Waals surface area contributed by atoms with E-state index in [0.29, 0.717) is 11.8 Å². The third-order valence-corrected chi connectivity index (χ3v) is 4.31. The summed E-state index contributed by atoms with van der Waals surface area (Å²) >= 11 is 0. The van der Waals surface area contributed by atoms with Crippen LogP contribution in [0.25, 0.3) is 0 Å². The Morgan fingerprint density at radius 3 is 2.20 bits per heavy atom. The summed E-state index contributed by atoms with van der Waals surface area (Å²) in [6.07, 6.45) is 0. The maximum Gasteiger partial charge on any atom is 0.229 e. The highest BCUT2D eigenvalue weighted by molar-refractivity contribution is 5.65. The summed E-state index contributed by atoms with van der Waals surface area (Å²) in [5.74, 6) is 3.49. The minimum absolute atomic E-state index is 0.504. The van der Waals surface area contributed by atoms with Crippen molar-refractivity contribution in [2.45, 2.75) is 6.92 Å². The van der Waals surface area contributed by atoms with Gasteiger partial charge < -0.3 is 20.1 Å². The van der Waals surface area contributed by atoms with Crippen molar-refractivity contribution < 1.29 is 9.47 Å². The Labute approximate surface area is 175 Å². The zero-order chi connectivity index (χ0) is 20.8. The molecule has 1 heterocycles. The predicted octanol–water partition coefficient (Wildman–Crippen LogP) is 6.07. The van der Waals surface area contributed by atoms with Crippen LogP contribution in [0.5, 0.6) is 17.2 Å². The summed E-state index contributed by atoms with van der Waals surface area (Å²) in [7, 11) is 1.64. The van der Waals surface area contributed by atoms with Crippen molar-refractivity contribution in [3.63, 3.8) is 0 Å². The Bertz CT molecular complexity index is 1120. The number of hydrogen-bond donors (Lipinski definition) is 2. The molecule has 6 heteroatoms. The fourth-order valence-corrected chi connectivity index (χ4v) is 2.93. The minimum Gasteiger partial charge on any atom is -0.495 e. The molecule has 30 heavy (non-hydrogen) atoms. The van der Waals surface area contributed by atoms with E-state index in [-0.39, 0.29) is 0 Å². The van der Waals surface area contributed by atoms with E-state index in [1.165, 1.54) is 0 Å². The summed E-state index contributed by atoms with van der Waals surface area (Å²) in [6.45, 7) is 1.93. The molecule has 0 bridgehead atoms. The van der Waals surface area contributed by atoms with Gasteiger partial charge in [0.15, 0.2) is 0 Å². The monoisotopic (exact) mass is 398 g/mol. The number of hydrogen-bond acceptors (Lipinski definition) is 6. The smallest absolute Gasteiger partial charge is 0.229 e. The van der Waals surface area contributed by atoms with Crippen LogP contribution in [0.3, 0.4) is 0 Å². The van der Waals surface area contributed by atoms with Crippen LogP contribution in [0, 0.1) is 6.92 Å². The first kappa shape index (κ1) is 19.3. The molecular weight excluding hydrogens is 376 g/mol. The lowest BCUT2D eigenvalue weighted by Gasteiger charge is -2.12. The largest absolute Gasteiger partial charge is 0.495 e. The highest BCUT2D eigenvalue weighted by Crippen LogP contribution is 2.28. The molecule has 0 spiro atoms. The van der Waals surface area contributed by atoms with Gasteiger partial charge >= 0.3 is 0 Å². The van der Waals surface area contributed by atoms with Gasteiger partial charge in [0.2, 0.25) is 5.95 Å². The number of para-hydroxylation sites is 3. The zero-order valence-electron chi connectivity index (χ0n) is 16.8. The summed E-state index contributed by atoms with van der Waals surface area (Å²) < 4.78 is 11.2.